The average Bonchev–Trinajstić information content (AvgIpc) is 2.41. The van der Waals surface area contributed by atoms with Crippen molar-refractivity contribution in [2.24, 2.45) is 5.92 Å². The second-order valence-corrected chi connectivity index (χ2v) is 7.38. The summed E-state index contributed by atoms with van der Waals surface area (Å²) in [5, 5.41) is 0. The lowest BCUT2D eigenvalue weighted by Gasteiger charge is -2.35. The number of carbonyl (C=O) groups is 1. The van der Waals surface area contributed by atoms with Crippen LogP contribution in [0.25, 0.3) is 0 Å². The molecule has 1 aromatic rings. The molecule has 1 aliphatic rings. The lowest BCUT2D eigenvalue weighted by atomic mass is 10.1. The van der Waals surface area contributed by atoms with Crippen LogP contribution in [0.15, 0.2) is 27.1 Å². The maximum atomic E-state index is 12.6. The third kappa shape index (κ3) is 4.06. The summed E-state index contributed by atoms with van der Waals surface area (Å²) < 4.78 is 1.79. The van der Waals surface area contributed by atoms with Gasteiger partial charge in [0.2, 0.25) is 0 Å². The van der Waals surface area contributed by atoms with E-state index in [-0.39, 0.29) is 5.91 Å². The molecule has 0 aromatic heterocycles. The fraction of sp³-hybridized carbons (Fsp3) is 0.533. The molecule has 1 aliphatic heterocycles. The van der Waals surface area contributed by atoms with Gasteiger partial charge in [-0.3, -0.25) is 9.69 Å². The summed E-state index contributed by atoms with van der Waals surface area (Å²) in [6.45, 7) is 9.13. The molecule has 1 saturated heterocycles. The van der Waals surface area contributed by atoms with Crippen LogP contribution in [0.5, 0.6) is 0 Å². The van der Waals surface area contributed by atoms with Gasteiger partial charge in [-0.2, -0.15) is 0 Å². The first-order valence-electron chi connectivity index (χ1n) is 6.94. The molecule has 0 atom stereocenters. The number of halogens is 2. The summed E-state index contributed by atoms with van der Waals surface area (Å²) in [5.74, 6) is 0.791. The molecular weight excluding hydrogens is 384 g/mol. The van der Waals surface area contributed by atoms with Crippen LogP contribution >= 0.6 is 31.9 Å². The largest absolute Gasteiger partial charge is 0.336 e. The Morgan fingerprint density at radius 3 is 2.45 bits per heavy atom. The number of amides is 1. The summed E-state index contributed by atoms with van der Waals surface area (Å²) in [5.41, 5.74) is 0.733. The first-order chi connectivity index (χ1) is 9.47. The first-order valence-corrected chi connectivity index (χ1v) is 8.52. The number of hydrogen-bond donors (Lipinski definition) is 0. The minimum atomic E-state index is 0.113. The number of carbonyl (C=O) groups excluding carboxylic acids is 1. The molecule has 1 amide bonds. The second-order valence-electron chi connectivity index (χ2n) is 5.61. The molecule has 5 heteroatoms. The fourth-order valence-electron chi connectivity index (χ4n) is 2.48. The number of piperazine rings is 1. The van der Waals surface area contributed by atoms with Gasteiger partial charge >= 0.3 is 0 Å². The minimum Gasteiger partial charge on any atom is -0.336 e. The van der Waals surface area contributed by atoms with E-state index in [9.17, 15) is 4.79 Å². The fourth-order valence-corrected chi connectivity index (χ4v) is 3.26. The first kappa shape index (κ1) is 16.0. The summed E-state index contributed by atoms with van der Waals surface area (Å²) in [7, 11) is 0. The highest BCUT2D eigenvalue weighted by Crippen LogP contribution is 2.23. The van der Waals surface area contributed by atoms with Crippen molar-refractivity contribution in [1.82, 2.24) is 9.80 Å². The van der Waals surface area contributed by atoms with Crippen molar-refractivity contribution in [2.75, 3.05) is 32.7 Å². The van der Waals surface area contributed by atoms with E-state index in [1.54, 1.807) is 0 Å². The third-order valence-electron chi connectivity index (χ3n) is 3.44. The topological polar surface area (TPSA) is 23.6 Å². The van der Waals surface area contributed by atoms with Crippen molar-refractivity contribution in [3.63, 3.8) is 0 Å². The summed E-state index contributed by atoms with van der Waals surface area (Å²) in [4.78, 5) is 16.9. The summed E-state index contributed by atoms with van der Waals surface area (Å²) in [6.07, 6.45) is 0. The molecule has 2 rings (SSSR count). The lowest BCUT2D eigenvalue weighted by molar-refractivity contribution is 0.0623. The molecular formula is C15H20Br2N2O. The number of benzene rings is 1. The van der Waals surface area contributed by atoms with Crippen molar-refractivity contribution < 1.29 is 4.79 Å². The van der Waals surface area contributed by atoms with Crippen LogP contribution in [0.4, 0.5) is 0 Å². The Balaban J connectivity index is 2.00. The Morgan fingerprint density at radius 1 is 1.20 bits per heavy atom. The van der Waals surface area contributed by atoms with E-state index in [2.05, 4.69) is 50.6 Å². The molecule has 1 heterocycles. The highest BCUT2D eigenvalue weighted by atomic mass is 79.9. The Kier molecular flexibility index (Phi) is 5.64. The van der Waals surface area contributed by atoms with Gasteiger partial charge in [0.25, 0.3) is 5.91 Å². The van der Waals surface area contributed by atoms with E-state index < -0.39 is 0 Å². The van der Waals surface area contributed by atoms with Crippen LogP contribution < -0.4 is 0 Å². The van der Waals surface area contributed by atoms with Gasteiger partial charge < -0.3 is 4.90 Å². The molecule has 20 heavy (non-hydrogen) atoms. The minimum absolute atomic E-state index is 0.113. The zero-order chi connectivity index (χ0) is 14.7. The lowest BCUT2D eigenvalue weighted by Crippen LogP contribution is -2.49. The average molecular weight is 404 g/mol. The number of nitrogens with zero attached hydrogens (tertiary/aromatic N) is 2. The predicted octanol–water partition coefficient (Wildman–Crippen LogP) is 3.63. The zero-order valence-electron chi connectivity index (χ0n) is 11.9. The van der Waals surface area contributed by atoms with Crippen LogP contribution in [-0.4, -0.2) is 48.4 Å². The van der Waals surface area contributed by atoms with E-state index in [4.69, 9.17) is 0 Å². The van der Waals surface area contributed by atoms with E-state index in [0.717, 1.165) is 47.2 Å². The van der Waals surface area contributed by atoms with Crippen molar-refractivity contribution in [3.8, 4) is 0 Å². The van der Waals surface area contributed by atoms with Crippen LogP contribution in [0.2, 0.25) is 0 Å². The molecule has 0 N–H and O–H groups in total. The molecule has 110 valence electrons. The molecule has 0 saturated carbocycles. The maximum absolute atomic E-state index is 12.6. The molecule has 3 nitrogen and oxygen atoms in total. The Labute approximate surface area is 137 Å². The van der Waals surface area contributed by atoms with Gasteiger partial charge in [-0.25, -0.2) is 0 Å². The standard InChI is InChI=1S/C15H20Br2N2O/c1-11(2)10-18-5-7-19(8-6-18)15(20)13-9-12(16)3-4-14(13)17/h3-4,9,11H,5-8,10H2,1-2H3. The Hall–Kier alpha value is -0.390. The number of hydrogen-bond acceptors (Lipinski definition) is 2. The Morgan fingerprint density at radius 2 is 1.85 bits per heavy atom. The highest BCUT2D eigenvalue weighted by molar-refractivity contribution is 9.11. The molecule has 1 fully saturated rings. The number of rotatable bonds is 3. The van der Waals surface area contributed by atoms with E-state index in [0.29, 0.717) is 5.92 Å². The molecule has 0 aliphatic carbocycles. The van der Waals surface area contributed by atoms with Crippen molar-refractivity contribution in [1.29, 1.82) is 0 Å². The van der Waals surface area contributed by atoms with E-state index in [1.165, 1.54) is 0 Å². The molecule has 1 aromatic carbocycles. The van der Waals surface area contributed by atoms with Gasteiger partial charge in [0.05, 0.1) is 5.56 Å². The van der Waals surface area contributed by atoms with Crippen LogP contribution in [-0.2, 0) is 0 Å². The van der Waals surface area contributed by atoms with Crippen LogP contribution in [0, 0.1) is 5.92 Å². The molecule has 0 radical (unpaired) electrons. The smallest absolute Gasteiger partial charge is 0.255 e. The van der Waals surface area contributed by atoms with Crippen molar-refractivity contribution in [2.45, 2.75) is 13.8 Å². The maximum Gasteiger partial charge on any atom is 0.255 e. The van der Waals surface area contributed by atoms with Gasteiger partial charge in [0.1, 0.15) is 0 Å². The van der Waals surface area contributed by atoms with Gasteiger partial charge in [0, 0.05) is 41.7 Å². The van der Waals surface area contributed by atoms with Crippen molar-refractivity contribution in [3.05, 3.63) is 32.7 Å². The molecule has 0 spiro atoms. The van der Waals surface area contributed by atoms with Gasteiger partial charge in [0.15, 0.2) is 0 Å². The third-order valence-corrected chi connectivity index (χ3v) is 4.63. The van der Waals surface area contributed by atoms with Crippen LogP contribution in [0.3, 0.4) is 0 Å². The van der Waals surface area contributed by atoms with Gasteiger partial charge in [-0.15, -0.1) is 0 Å². The monoisotopic (exact) mass is 402 g/mol. The highest BCUT2D eigenvalue weighted by Gasteiger charge is 2.23. The SMILES string of the molecule is CC(C)CN1CCN(C(=O)c2cc(Br)ccc2Br)CC1. The predicted molar refractivity (Wildman–Crippen MR) is 89.0 cm³/mol. The van der Waals surface area contributed by atoms with Gasteiger partial charge in [-0.1, -0.05) is 29.8 Å². The summed E-state index contributed by atoms with van der Waals surface area (Å²) >= 11 is 6.89. The molecule has 0 unspecified atom stereocenters. The van der Waals surface area contributed by atoms with E-state index in [1.807, 2.05) is 23.1 Å². The van der Waals surface area contributed by atoms with Crippen molar-refractivity contribution >= 4 is 37.8 Å². The second kappa shape index (κ2) is 7.05. The zero-order valence-corrected chi connectivity index (χ0v) is 15.1. The van der Waals surface area contributed by atoms with Gasteiger partial charge in [-0.05, 0) is 40.0 Å². The normalized spacial score (nSPS) is 16.8. The summed E-state index contributed by atoms with van der Waals surface area (Å²) in [6, 6.07) is 5.72. The molecule has 0 bridgehead atoms. The van der Waals surface area contributed by atoms with E-state index >= 15 is 0 Å². The Bertz CT molecular complexity index is 483. The van der Waals surface area contributed by atoms with Crippen LogP contribution in [0.1, 0.15) is 24.2 Å². The quantitative estimate of drug-likeness (QED) is 0.769.